The Morgan fingerprint density at radius 1 is 1.10 bits per heavy atom. The van der Waals surface area contributed by atoms with Gasteiger partial charge in [0, 0.05) is 13.5 Å². The Bertz CT molecular complexity index is 1550. The van der Waals surface area contributed by atoms with Crippen LogP contribution in [0.3, 0.4) is 0 Å². The molecule has 0 spiro atoms. The number of fused-ring (bicyclic) bond motifs is 1. The van der Waals surface area contributed by atoms with E-state index in [-0.39, 0.29) is 17.1 Å². The van der Waals surface area contributed by atoms with Gasteiger partial charge in [0.25, 0.3) is 5.91 Å². The van der Waals surface area contributed by atoms with E-state index in [2.05, 4.69) is 4.98 Å². The van der Waals surface area contributed by atoms with Crippen molar-refractivity contribution < 1.29 is 28.6 Å². The Morgan fingerprint density at radius 2 is 1.85 bits per heavy atom. The minimum absolute atomic E-state index is 0.0449. The molecule has 1 N–H and O–H groups in total. The molecule has 1 aromatic heterocycles. The molecule has 1 amide bonds. The zero-order valence-electron chi connectivity index (χ0n) is 20.9. The summed E-state index contributed by atoms with van der Waals surface area (Å²) < 4.78 is 25.1. The molecule has 0 saturated carbocycles. The first-order valence-electron chi connectivity index (χ1n) is 12.2. The molecule has 39 heavy (non-hydrogen) atoms. The van der Waals surface area contributed by atoms with Crippen molar-refractivity contribution in [1.82, 2.24) is 4.98 Å². The van der Waals surface area contributed by atoms with Crippen LogP contribution in [-0.4, -0.2) is 42.1 Å². The van der Waals surface area contributed by atoms with Crippen LogP contribution in [0.4, 0.5) is 9.52 Å². The van der Waals surface area contributed by atoms with Crippen LogP contribution in [0.1, 0.15) is 23.6 Å². The third-order valence-corrected chi connectivity index (χ3v) is 7.70. The molecular weight excluding hydrogens is 543 g/mol. The summed E-state index contributed by atoms with van der Waals surface area (Å²) in [5.74, 6) is -1.55. The summed E-state index contributed by atoms with van der Waals surface area (Å²) in [5, 5.41) is 11.6. The summed E-state index contributed by atoms with van der Waals surface area (Å²) in [6.07, 6.45) is 0.433. The number of ether oxygens (including phenoxy) is 2. The maximum Gasteiger partial charge on any atom is 0.296 e. The van der Waals surface area contributed by atoms with E-state index in [1.807, 2.05) is 30.3 Å². The average molecular weight is 567 g/mol. The molecular formula is C29H24ClFN2O5S. The number of Topliss-reactive ketones (excluding diaryl/α,β-unsaturated/α-hetero) is 1. The van der Waals surface area contributed by atoms with E-state index in [1.165, 1.54) is 40.5 Å². The van der Waals surface area contributed by atoms with Gasteiger partial charge >= 0.3 is 0 Å². The fraction of sp³-hybridized carbons (Fsp3) is 0.207. The third kappa shape index (κ3) is 5.52. The van der Waals surface area contributed by atoms with Crippen molar-refractivity contribution in [1.29, 1.82) is 0 Å². The molecule has 0 fully saturated rings. The Hall–Kier alpha value is -3.79. The molecule has 0 bridgehead atoms. The Balaban J connectivity index is 1.42. The molecule has 10 heteroatoms. The van der Waals surface area contributed by atoms with Crippen molar-refractivity contribution in [2.75, 3.05) is 25.2 Å². The summed E-state index contributed by atoms with van der Waals surface area (Å²) in [7, 11) is 1.60. The van der Waals surface area contributed by atoms with Gasteiger partial charge in [-0.3, -0.25) is 14.5 Å². The summed E-state index contributed by atoms with van der Waals surface area (Å²) in [6.45, 7) is 0.905. The summed E-state index contributed by atoms with van der Waals surface area (Å²) >= 11 is 7.52. The lowest BCUT2D eigenvalue weighted by Crippen LogP contribution is -2.31. The van der Waals surface area contributed by atoms with Crippen molar-refractivity contribution >= 4 is 50.0 Å². The van der Waals surface area contributed by atoms with Crippen LogP contribution in [-0.2, 0) is 20.7 Å². The van der Waals surface area contributed by atoms with E-state index >= 15 is 0 Å². The minimum atomic E-state index is -0.971. The van der Waals surface area contributed by atoms with Crippen LogP contribution in [0.25, 0.3) is 10.2 Å². The van der Waals surface area contributed by atoms with E-state index < -0.39 is 29.3 Å². The van der Waals surface area contributed by atoms with Crippen molar-refractivity contribution in [2.45, 2.75) is 18.9 Å². The number of methoxy groups -OCH3 is 1. The lowest BCUT2D eigenvalue weighted by Gasteiger charge is -2.24. The van der Waals surface area contributed by atoms with Crippen molar-refractivity contribution in [3.05, 3.63) is 100 Å². The molecule has 1 unspecified atom stereocenters. The highest BCUT2D eigenvalue weighted by Gasteiger charge is 2.45. The lowest BCUT2D eigenvalue weighted by molar-refractivity contribution is -0.118. The average Bonchev–Trinajstić information content (AvgIpc) is 3.48. The zero-order valence-corrected chi connectivity index (χ0v) is 22.5. The zero-order chi connectivity index (χ0) is 27.5. The lowest BCUT2D eigenvalue weighted by atomic mass is 9.93. The number of nitrogens with zero attached hydrogens (tertiary/aromatic N) is 2. The third-order valence-electron chi connectivity index (χ3n) is 6.38. The molecule has 0 saturated heterocycles. The van der Waals surface area contributed by atoms with Crippen molar-refractivity contribution in [2.24, 2.45) is 0 Å². The molecule has 200 valence electrons. The predicted molar refractivity (Wildman–Crippen MR) is 148 cm³/mol. The largest absolute Gasteiger partial charge is 0.503 e. The maximum atomic E-state index is 13.8. The van der Waals surface area contributed by atoms with Gasteiger partial charge in [-0.2, -0.15) is 0 Å². The second-order valence-electron chi connectivity index (χ2n) is 8.88. The first kappa shape index (κ1) is 26.8. The molecule has 3 aromatic carbocycles. The topological polar surface area (TPSA) is 89.0 Å². The highest BCUT2D eigenvalue weighted by molar-refractivity contribution is 7.22. The van der Waals surface area contributed by atoms with Gasteiger partial charge in [0.2, 0.25) is 0 Å². The fourth-order valence-corrected chi connectivity index (χ4v) is 5.73. The normalized spacial score (nSPS) is 15.4. The fourth-order valence-electron chi connectivity index (χ4n) is 4.44. The van der Waals surface area contributed by atoms with Gasteiger partial charge in [-0.25, -0.2) is 9.37 Å². The summed E-state index contributed by atoms with van der Waals surface area (Å²) in [5.41, 5.74) is 1.83. The van der Waals surface area contributed by atoms with E-state index in [9.17, 15) is 19.1 Å². The number of rotatable bonds is 10. The number of amides is 1. The number of carbonyl (C=O) groups is 2. The highest BCUT2D eigenvalue weighted by Crippen LogP contribution is 2.44. The van der Waals surface area contributed by atoms with Crippen LogP contribution in [0, 0.1) is 5.82 Å². The molecule has 1 aliphatic heterocycles. The molecule has 0 aliphatic carbocycles. The smallest absolute Gasteiger partial charge is 0.296 e. The maximum absolute atomic E-state index is 13.8. The van der Waals surface area contributed by atoms with E-state index in [0.717, 1.165) is 10.3 Å². The van der Waals surface area contributed by atoms with E-state index in [4.69, 9.17) is 21.1 Å². The molecule has 5 rings (SSSR count). The highest BCUT2D eigenvalue weighted by atomic mass is 35.5. The van der Waals surface area contributed by atoms with Crippen molar-refractivity contribution in [3.63, 3.8) is 0 Å². The second kappa shape index (κ2) is 11.5. The van der Waals surface area contributed by atoms with Crippen LogP contribution < -0.4 is 9.64 Å². The van der Waals surface area contributed by atoms with E-state index in [0.29, 0.717) is 41.5 Å². The number of benzene rings is 3. The SMILES string of the molecule is COCCOc1ccc(CCC(=O)C2=C(O)C(=O)N(c3nc4c(Cl)cccc4s3)C2c2ccc(F)cc2)cc1. The van der Waals surface area contributed by atoms with Gasteiger partial charge in [0.05, 0.1) is 27.9 Å². The molecule has 1 aliphatic rings. The van der Waals surface area contributed by atoms with Crippen LogP contribution in [0.5, 0.6) is 5.75 Å². The Labute approximate surface area is 233 Å². The minimum Gasteiger partial charge on any atom is -0.503 e. The van der Waals surface area contributed by atoms with Crippen LogP contribution in [0.2, 0.25) is 5.02 Å². The number of hydrogen-bond donors (Lipinski definition) is 1. The summed E-state index contributed by atoms with van der Waals surface area (Å²) in [4.78, 5) is 32.7. The van der Waals surface area contributed by atoms with Crippen molar-refractivity contribution in [3.8, 4) is 5.75 Å². The van der Waals surface area contributed by atoms with Gasteiger partial charge in [-0.15, -0.1) is 0 Å². The van der Waals surface area contributed by atoms with Gasteiger partial charge in [0.15, 0.2) is 16.7 Å². The van der Waals surface area contributed by atoms with Crippen LogP contribution in [0.15, 0.2) is 78.1 Å². The number of thiazole rings is 1. The van der Waals surface area contributed by atoms with Crippen LogP contribution >= 0.6 is 22.9 Å². The standard InChI is InChI=1S/C29H24ClFN2O5S/c1-37-15-16-38-20-12-5-17(6-13-20)7-14-22(34)24-26(18-8-10-19(31)11-9-18)33(28(36)27(24)35)29-32-25-21(30)3-2-4-23(25)39-29/h2-6,8-13,26,35H,7,14-16H2,1H3. The number of aryl methyl sites for hydroxylation is 1. The van der Waals surface area contributed by atoms with Gasteiger partial charge < -0.3 is 14.6 Å². The first-order chi connectivity index (χ1) is 18.9. The monoisotopic (exact) mass is 566 g/mol. The number of aliphatic hydroxyl groups excluding tert-OH is 1. The number of aromatic nitrogens is 1. The summed E-state index contributed by atoms with van der Waals surface area (Å²) in [6, 6.07) is 17.2. The molecule has 7 nitrogen and oxygen atoms in total. The Kier molecular flexibility index (Phi) is 7.92. The van der Waals surface area contributed by atoms with Gasteiger partial charge in [0.1, 0.15) is 23.7 Å². The molecule has 1 atom stereocenters. The van der Waals surface area contributed by atoms with Gasteiger partial charge in [-0.1, -0.05) is 53.3 Å². The number of halogens is 2. The number of anilines is 1. The first-order valence-corrected chi connectivity index (χ1v) is 13.4. The second-order valence-corrected chi connectivity index (χ2v) is 10.3. The Morgan fingerprint density at radius 3 is 2.54 bits per heavy atom. The number of aliphatic hydroxyl groups is 1. The number of carbonyl (C=O) groups excluding carboxylic acids is 2. The molecule has 2 heterocycles. The number of hydrogen-bond acceptors (Lipinski definition) is 7. The predicted octanol–water partition coefficient (Wildman–Crippen LogP) is 6.22. The van der Waals surface area contributed by atoms with Gasteiger partial charge in [-0.05, 0) is 53.9 Å². The van der Waals surface area contributed by atoms with E-state index in [1.54, 1.807) is 19.2 Å². The molecule has 4 aromatic rings. The number of para-hydroxylation sites is 1. The molecule has 0 radical (unpaired) electrons. The number of ketones is 1. The quantitative estimate of drug-likeness (QED) is 0.229.